The molecule has 94 valence electrons. The van der Waals surface area contributed by atoms with Crippen molar-refractivity contribution in [3.8, 4) is 0 Å². The van der Waals surface area contributed by atoms with Gasteiger partial charge < -0.3 is 10.2 Å². The van der Waals surface area contributed by atoms with E-state index in [4.69, 9.17) is 10.2 Å². The van der Waals surface area contributed by atoms with Crippen LogP contribution in [0.15, 0.2) is 21.2 Å². The van der Waals surface area contributed by atoms with Crippen molar-refractivity contribution >= 4 is 21.8 Å². The molecule has 1 atom stereocenters. The normalized spacial score (nSPS) is 20.4. The molecule has 1 aromatic rings. The highest BCUT2D eigenvalue weighted by Crippen LogP contribution is 2.29. The maximum atomic E-state index is 11.7. The largest absolute Gasteiger partial charge is 0.452 e. The van der Waals surface area contributed by atoms with Gasteiger partial charge in [-0.2, -0.15) is 0 Å². The van der Waals surface area contributed by atoms with Crippen LogP contribution in [0.1, 0.15) is 38.4 Å². The third-order valence-corrected chi connectivity index (χ3v) is 3.83. The number of nitrogens with one attached hydrogen (secondary N) is 1. The zero-order valence-corrected chi connectivity index (χ0v) is 11.4. The number of carbonyl (C=O) groups is 1. The van der Waals surface area contributed by atoms with Crippen LogP contribution < -0.4 is 11.1 Å². The van der Waals surface area contributed by atoms with E-state index in [0.29, 0.717) is 16.5 Å². The van der Waals surface area contributed by atoms with Crippen molar-refractivity contribution in [1.29, 1.82) is 0 Å². The summed E-state index contributed by atoms with van der Waals surface area (Å²) in [4.78, 5) is 11.7. The minimum absolute atomic E-state index is 0.344. The summed E-state index contributed by atoms with van der Waals surface area (Å²) in [7, 11) is 0. The molecule has 1 saturated carbocycles. The molecular weight excluding hydrogens is 284 g/mol. The van der Waals surface area contributed by atoms with Gasteiger partial charge in [0.05, 0.1) is 0 Å². The molecule has 1 aliphatic carbocycles. The van der Waals surface area contributed by atoms with Gasteiger partial charge in [0.2, 0.25) is 5.91 Å². The van der Waals surface area contributed by atoms with Gasteiger partial charge >= 0.3 is 0 Å². The molecule has 1 unspecified atom stereocenters. The van der Waals surface area contributed by atoms with Crippen molar-refractivity contribution in [2.45, 2.75) is 44.2 Å². The molecule has 1 amide bonds. The third kappa shape index (κ3) is 2.55. The summed E-state index contributed by atoms with van der Waals surface area (Å²) in [6, 6.07) is 3.89. The standard InChI is InChI=1S/C12H17BrN2O2/c1-12(11(14)16,9-6-7-10(13)17-9)15-8-4-2-3-5-8/h6-8,15H,2-5H2,1H3,(H2,14,16). The van der Waals surface area contributed by atoms with Gasteiger partial charge in [0, 0.05) is 6.04 Å². The average molecular weight is 301 g/mol. The van der Waals surface area contributed by atoms with Crippen LogP contribution in [0, 0.1) is 0 Å². The summed E-state index contributed by atoms with van der Waals surface area (Å²) in [6.45, 7) is 1.78. The lowest BCUT2D eigenvalue weighted by molar-refractivity contribution is -0.125. The zero-order chi connectivity index (χ0) is 12.5. The molecule has 1 heterocycles. The molecule has 0 radical (unpaired) electrons. The number of hydrogen-bond donors (Lipinski definition) is 2. The van der Waals surface area contributed by atoms with E-state index in [-0.39, 0.29) is 0 Å². The van der Waals surface area contributed by atoms with Gasteiger partial charge in [-0.3, -0.25) is 10.1 Å². The summed E-state index contributed by atoms with van der Waals surface area (Å²) in [6.07, 6.45) is 4.58. The summed E-state index contributed by atoms with van der Waals surface area (Å²) in [5, 5.41) is 3.33. The van der Waals surface area contributed by atoms with Crippen molar-refractivity contribution in [2.24, 2.45) is 5.73 Å². The second-order valence-corrected chi connectivity index (χ2v) is 5.50. The van der Waals surface area contributed by atoms with Crippen molar-refractivity contribution in [2.75, 3.05) is 0 Å². The molecule has 0 bridgehead atoms. The van der Waals surface area contributed by atoms with Crippen LogP contribution in [-0.2, 0) is 10.3 Å². The molecule has 3 N–H and O–H groups in total. The molecule has 0 spiro atoms. The van der Waals surface area contributed by atoms with Crippen LogP contribution >= 0.6 is 15.9 Å². The molecule has 1 aliphatic rings. The Morgan fingerprint density at radius 1 is 1.53 bits per heavy atom. The first-order chi connectivity index (χ1) is 8.02. The summed E-state index contributed by atoms with van der Waals surface area (Å²) < 4.78 is 6.08. The van der Waals surface area contributed by atoms with E-state index >= 15 is 0 Å². The van der Waals surface area contributed by atoms with Crippen LogP contribution in [0.2, 0.25) is 0 Å². The summed E-state index contributed by atoms with van der Waals surface area (Å²) in [5.41, 5.74) is 4.58. The Morgan fingerprint density at radius 2 is 2.18 bits per heavy atom. The van der Waals surface area contributed by atoms with Crippen molar-refractivity contribution in [3.05, 3.63) is 22.6 Å². The number of hydrogen-bond acceptors (Lipinski definition) is 3. The van der Waals surface area contributed by atoms with Crippen LogP contribution in [-0.4, -0.2) is 11.9 Å². The van der Waals surface area contributed by atoms with E-state index in [1.54, 1.807) is 19.1 Å². The predicted octanol–water partition coefficient (Wildman–Crippen LogP) is 2.27. The Labute approximate surface area is 109 Å². The highest BCUT2D eigenvalue weighted by Gasteiger charge is 2.38. The molecule has 1 aromatic heterocycles. The van der Waals surface area contributed by atoms with E-state index in [0.717, 1.165) is 12.8 Å². The number of furan rings is 1. The van der Waals surface area contributed by atoms with Crippen molar-refractivity contribution in [1.82, 2.24) is 5.32 Å². The van der Waals surface area contributed by atoms with E-state index in [9.17, 15) is 4.79 Å². The maximum absolute atomic E-state index is 11.7. The minimum atomic E-state index is -0.930. The Hall–Kier alpha value is -0.810. The number of halogens is 1. The molecule has 2 rings (SSSR count). The first kappa shape index (κ1) is 12.6. The van der Waals surface area contributed by atoms with Crippen LogP contribution in [0.5, 0.6) is 0 Å². The van der Waals surface area contributed by atoms with Gasteiger partial charge in [-0.15, -0.1) is 0 Å². The van der Waals surface area contributed by atoms with Crippen molar-refractivity contribution in [3.63, 3.8) is 0 Å². The second-order valence-electron chi connectivity index (χ2n) is 4.72. The van der Waals surface area contributed by atoms with Crippen LogP contribution in [0.4, 0.5) is 0 Å². The Bertz CT molecular complexity index is 412. The van der Waals surface area contributed by atoms with Gasteiger partial charge in [-0.05, 0) is 47.8 Å². The van der Waals surface area contributed by atoms with Gasteiger partial charge in [0.25, 0.3) is 0 Å². The molecule has 0 aromatic carbocycles. The third-order valence-electron chi connectivity index (χ3n) is 3.41. The topological polar surface area (TPSA) is 68.3 Å². The number of amides is 1. The first-order valence-electron chi connectivity index (χ1n) is 5.86. The molecule has 5 heteroatoms. The van der Waals surface area contributed by atoms with E-state index in [1.165, 1.54) is 12.8 Å². The Balaban J connectivity index is 2.22. The smallest absolute Gasteiger partial charge is 0.245 e. The highest BCUT2D eigenvalue weighted by atomic mass is 79.9. The SMILES string of the molecule is CC(NC1CCCC1)(C(N)=O)c1ccc(Br)o1. The second kappa shape index (κ2) is 4.82. The summed E-state index contributed by atoms with van der Waals surface area (Å²) >= 11 is 3.24. The van der Waals surface area contributed by atoms with Gasteiger partial charge in [0.1, 0.15) is 5.76 Å². The average Bonchev–Trinajstić information content (AvgIpc) is 2.89. The fraction of sp³-hybridized carbons (Fsp3) is 0.583. The lowest BCUT2D eigenvalue weighted by atomic mass is 9.96. The quantitative estimate of drug-likeness (QED) is 0.896. The molecule has 4 nitrogen and oxygen atoms in total. The lowest BCUT2D eigenvalue weighted by Crippen LogP contribution is -2.53. The Morgan fingerprint density at radius 3 is 2.65 bits per heavy atom. The number of carbonyl (C=O) groups excluding carboxylic acids is 1. The minimum Gasteiger partial charge on any atom is -0.452 e. The summed E-state index contributed by atoms with van der Waals surface area (Å²) in [5.74, 6) is 0.148. The Kier molecular flexibility index (Phi) is 3.58. The van der Waals surface area contributed by atoms with E-state index < -0.39 is 11.4 Å². The van der Waals surface area contributed by atoms with E-state index in [1.807, 2.05) is 0 Å². The molecule has 17 heavy (non-hydrogen) atoms. The number of nitrogens with two attached hydrogens (primary N) is 1. The fourth-order valence-corrected chi connectivity index (χ4v) is 2.63. The first-order valence-corrected chi connectivity index (χ1v) is 6.65. The highest BCUT2D eigenvalue weighted by molar-refractivity contribution is 9.10. The van der Waals surface area contributed by atoms with Crippen LogP contribution in [0.3, 0.4) is 0 Å². The van der Waals surface area contributed by atoms with Gasteiger partial charge in [-0.25, -0.2) is 0 Å². The van der Waals surface area contributed by atoms with Gasteiger partial charge in [-0.1, -0.05) is 12.8 Å². The van der Waals surface area contributed by atoms with Gasteiger partial charge in [0.15, 0.2) is 10.2 Å². The lowest BCUT2D eigenvalue weighted by Gasteiger charge is -2.29. The predicted molar refractivity (Wildman–Crippen MR) is 68.3 cm³/mol. The fourth-order valence-electron chi connectivity index (χ4n) is 2.33. The molecule has 1 fully saturated rings. The maximum Gasteiger partial charge on any atom is 0.245 e. The van der Waals surface area contributed by atoms with Crippen LogP contribution in [0.25, 0.3) is 0 Å². The number of primary amides is 1. The molecule has 0 aliphatic heterocycles. The molecular formula is C12H17BrN2O2. The monoisotopic (exact) mass is 300 g/mol. The van der Waals surface area contributed by atoms with E-state index in [2.05, 4.69) is 21.2 Å². The molecule has 0 saturated heterocycles. The van der Waals surface area contributed by atoms with Crippen molar-refractivity contribution < 1.29 is 9.21 Å². The number of rotatable bonds is 4. The zero-order valence-electron chi connectivity index (χ0n) is 9.83.